The highest BCUT2D eigenvalue weighted by molar-refractivity contribution is 7.15. The van der Waals surface area contributed by atoms with E-state index in [4.69, 9.17) is 4.74 Å². The first-order chi connectivity index (χ1) is 10.7. The first-order valence-corrected chi connectivity index (χ1v) is 7.99. The Labute approximate surface area is 131 Å². The summed E-state index contributed by atoms with van der Waals surface area (Å²) in [7, 11) is 0. The Morgan fingerprint density at radius 3 is 3.09 bits per heavy atom. The molecule has 5 nitrogen and oxygen atoms in total. The summed E-state index contributed by atoms with van der Waals surface area (Å²) >= 11 is 1.49. The van der Waals surface area contributed by atoms with Gasteiger partial charge in [-0.15, -0.1) is 11.3 Å². The Bertz CT molecular complexity index is 913. The lowest BCUT2D eigenvalue weighted by Gasteiger charge is -2.08. The molecule has 0 spiro atoms. The molecule has 112 valence electrons. The minimum absolute atomic E-state index is 0.0251. The van der Waals surface area contributed by atoms with Gasteiger partial charge in [0.05, 0.1) is 25.5 Å². The summed E-state index contributed by atoms with van der Waals surface area (Å²) in [6.45, 7) is 3.81. The molecule has 0 amide bonds. The Morgan fingerprint density at radius 1 is 1.32 bits per heavy atom. The van der Waals surface area contributed by atoms with E-state index in [-0.39, 0.29) is 5.56 Å². The van der Waals surface area contributed by atoms with Crippen molar-refractivity contribution in [2.45, 2.75) is 26.7 Å². The molecular weight excluding hydrogens is 298 g/mol. The fraction of sp³-hybridized carbons (Fsp3) is 0.250. The molecule has 2 aromatic heterocycles. The number of hydrogen-bond acceptors (Lipinski definition) is 5. The van der Waals surface area contributed by atoms with Crippen molar-refractivity contribution >= 4 is 22.0 Å². The zero-order valence-corrected chi connectivity index (χ0v) is 12.9. The summed E-state index contributed by atoms with van der Waals surface area (Å²) in [6, 6.07) is 7.81. The van der Waals surface area contributed by atoms with E-state index in [9.17, 15) is 4.79 Å². The lowest BCUT2D eigenvalue weighted by atomic mass is 10.1. The van der Waals surface area contributed by atoms with Crippen LogP contribution >= 0.6 is 11.3 Å². The average molecular weight is 313 g/mol. The molecule has 0 radical (unpaired) electrons. The molecule has 0 saturated carbocycles. The maximum atomic E-state index is 12.1. The van der Waals surface area contributed by atoms with E-state index < -0.39 is 0 Å². The van der Waals surface area contributed by atoms with Crippen LogP contribution in [-0.4, -0.2) is 9.38 Å². The number of ether oxygens (including phenoxy) is 1. The normalized spacial score (nSPS) is 13.5. The van der Waals surface area contributed by atoms with Crippen LogP contribution in [-0.2, 0) is 24.5 Å². The van der Waals surface area contributed by atoms with Crippen molar-refractivity contribution < 1.29 is 4.74 Å². The number of hydrogen-bond donors (Lipinski definition) is 1. The van der Waals surface area contributed by atoms with Gasteiger partial charge in [-0.2, -0.15) is 0 Å². The van der Waals surface area contributed by atoms with Gasteiger partial charge in [0.25, 0.3) is 5.56 Å². The van der Waals surface area contributed by atoms with E-state index in [2.05, 4.69) is 22.4 Å². The second kappa shape index (κ2) is 5.23. The van der Waals surface area contributed by atoms with E-state index in [0.717, 1.165) is 22.0 Å². The van der Waals surface area contributed by atoms with Crippen molar-refractivity contribution in [1.29, 1.82) is 0 Å². The molecule has 1 aromatic carbocycles. The molecule has 1 N–H and O–H groups in total. The zero-order valence-electron chi connectivity index (χ0n) is 12.1. The lowest BCUT2D eigenvalue weighted by molar-refractivity contribution is 0.134. The number of anilines is 1. The van der Waals surface area contributed by atoms with E-state index >= 15 is 0 Å². The zero-order chi connectivity index (χ0) is 15.1. The van der Waals surface area contributed by atoms with Crippen LogP contribution in [0.1, 0.15) is 22.5 Å². The van der Waals surface area contributed by atoms with Crippen LogP contribution in [0.4, 0.5) is 5.69 Å². The van der Waals surface area contributed by atoms with E-state index in [0.29, 0.717) is 19.8 Å². The SMILES string of the molecule is Cc1csc2nc(CNc3ccc4c(c3)COC4)cc(=O)n12. The Hall–Kier alpha value is -2.18. The summed E-state index contributed by atoms with van der Waals surface area (Å²) in [4.78, 5) is 17.4. The number of thiazole rings is 1. The smallest absolute Gasteiger partial charge is 0.259 e. The maximum Gasteiger partial charge on any atom is 0.259 e. The average Bonchev–Trinajstić information content (AvgIpc) is 3.11. The Morgan fingerprint density at radius 2 is 2.18 bits per heavy atom. The molecule has 0 aliphatic carbocycles. The third-order valence-electron chi connectivity index (χ3n) is 3.82. The van der Waals surface area contributed by atoms with Crippen LogP contribution in [0.2, 0.25) is 0 Å². The standard InChI is InChI=1S/C16H15N3O2S/c1-10-9-22-16-18-14(5-15(20)19(10)16)6-17-13-3-2-11-7-21-8-12(11)4-13/h2-5,9,17H,6-8H2,1H3. The van der Waals surface area contributed by atoms with Crippen LogP contribution in [0.25, 0.3) is 4.96 Å². The molecule has 0 atom stereocenters. The molecule has 6 heteroatoms. The number of aryl methyl sites for hydroxylation is 1. The molecule has 0 fully saturated rings. The highest BCUT2D eigenvalue weighted by Gasteiger charge is 2.11. The van der Waals surface area contributed by atoms with Crippen molar-refractivity contribution in [2.75, 3.05) is 5.32 Å². The van der Waals surface area contributed by atoms with Crippen LogP contribution in [0, 0.1) is 6.92 Å². The van der Waals surface area contributed by atoms with Crippen molar-refractivity contribution in [3.05, 3.63) is 62.5 Å². The van der Waals surface area contributed by atoms with Crippen molar-refractivity contribution in [3.8, 4) is 0 Å². The fourth-order valence-corrected chi connectivity index (χ4v) is 3.56. The van der Waals surface area contributed by atoms with Gasteiger partial charge in [-0.3, -0.25) is 9.20 Å². The predicted octanol–water partition coefficient (Wildman–Crippen LogP) is 2.71. The second-order valence-corrected chi connectivity index (χ2v) is 6.25. The van der Waals surface area contributed by atoms with Gasteiger partial charge in [0.1, 0.15) is 0 Å². The van der Waals surface area contributed by atoms with Crippen molar-refractivity contribution in [3.63, 3.8) is 0 Å². The molecule has 0 saturated heterocycles. The number of nitrogens with one attached hydrogen (secondary N) is 1. The molecule has 3 heterocycles. The summed E-state index contributed by atoms with van der Waals surface area (Å²) in [6.07, 6.45) is 0. The quantitative estimate of drug-likeness (QED) is 0.808. The van der Waals surface area contributed by atoms with Crippen LogP contribution in [0.3, 0.4) is 0 Å². The first kappa shape index (κ1) is 13.5. The third-order valence-corrected chi connectivity index (χ3v) is 4.77. The van der Waals surface area contributed by atoms with E-state index in [1.807, 2.05) is 18.4 Å². The summed E-state index contributed by atoms with van der Waals surface area (Å²) in [5, 5.41) is 5.27. The van der Waals surface area contributed by atoms with Crippen LogP contribution in [0.15, 0.2) is 34.4 Å². The van der Waals surface area contributed by atoms with Crippen molar-refractivity contribution in [1.82, 2.24) is 9.38 Å². The van der Waals surface area contributed by atoms with Crippen LogP contribution < -0.4 is 10.9 Å². The van der Waals surface area contributed by atoms with Gasteiger partial charge in [-0.25, -0.2) is 4.98 Å². The fourth-order valence-electron chi connectivity index (χ4n) is 2.67. The highest BCUT2D eigenvalue weighted by Crippen LogP contribution is 2.23. The first-order valence-electron chi connectivity index (χ1n) is 7.11. The maximum absolute atomic E-state index is 12.1. The molecule has 0 bridgehead atoms. The van der Waals surface area contributed by atoms with Gasteiger partial charge in [0, 0.05) is 22.8 Å². The Balaban J connectivity index is 1.58. The molecule has 0 unspecified atom stereocenters. The minimum atomic E-state index is -0.0251. The third kappa shape index (κ3) is 2.30. The monoisotopic (exact) mass is 313 g/mol. The summed E-state index contributed by atoms with van der Waals surface area (Å²) < 4.78 is 7.06. The number of nitrogens with zero attached hydrogens (tertiary/aromatic N) is 2. The van der Waals surface area contributed by atoms with Gasteiger partial charge < -0.3 is 10.1 Å². The van der Waals surface area contributed by atoms with E-state index in [1.165, 1.54) is 22.5 Å². The number of benzene rings is 1. The molecule has 1 aliphatic rings. The molecule has 4 rings (SSSR count). The van der Waals surface area contributed by atoms with Gasteiger partial charge in [0.15, 0.2) is 4.96 Å². The number of fused-ring (bicyclic) bond motifs is 2. The number of rotatable bonds is 3. The van der Waals surface area contributed by atoms with Gasteiger partial charge in [-0.05, 0) is 30.2 Å². The van der Waals surface area contributed by atoms with E-state index in [1.54, 1.807) is 10.5 Å². The molecular formula is C16H15N3O2S. The second-order valence-electron chi connectivity index (χ2n) is 5.41. The number of aromatic nitrogens is 2. The lowest BCUT2D eigenvalue weighted by Crippen LogP contribution is -2.16. The molecule has 1 aliphatic heterocycles. The Kier molecular flexibility index (Phi) is 3.20. The molecule has 3 aromatic rings. The predicted molar refractivity (Wildman–Crippen MR) is 86.3 cm³/mol. The van der Waals surface area contributed by atoms with Gasteiger partial charge in [0.2, 0.25) is 0 Å². The minimum Gasteiger partial charge on any atom is -0.379 e. The van der Waals surface area contributed by atoms with Gasteiger partial charge >= 0.3 is 0 Å². The summed E-state index contributed by atoms with van der Waals surface area (Å²) in [5.41, 5.74) is 5.15. The molecule has 22 heavy (non-hydrogen) atoms. The van der Waals surface area contributed by atoms with Crippen molar-refractivity contribution in [2.24, 2.45) is 0 Å². The highest BCUT2D eigenvalue weighted by atomic mass is 32.1. The topological polar surface area (TPSA) is 55.6 Å². The van der Waals surface area contributed by atoms with Crippen LogP contribution in [0.5, 0.6) is 0 Å². The largest absolute Gasteiger partial charge is 0.379 e. The van der Waals surface area contributed by atoms with Gasteiger partial charge in [-0.1, -0.05) is 6.07 Å². The summed E-state index contributed by atoms with van der Waals surface area (Å²) in [5.74, 6) is 0.